The van der Waals surface area contributed by atoms with Crippen molar-refractivity contribution in [2.75, 3.05) is 97.6 Å². The summed E-state index contributed by atoms with van der Waals surface area (Å²) in [6, 6.07) is 17.2. The monoisotopic (exact) mass is 1840 g/mol. The first-order valence-electron chi connectivity index (χ1n) is 41.9. The van der Waals surface area contributed by atoms with E-state index in [0.717, 1.165) is 48.7 Å². The van der Waals surface area contributed by atoms with Crippen LogP contribution in [0.4, 0.5) is 43.8 Å². The summed E-state index contributed by atoms with van der Waals surface area (Å²) in [6.07, 6.45) is 11.0. The van der Waals surface area contributed by atoms with Gasteiger partial charge in [-0.05, 0) is 153 Å². The van der Waals surface area contributed by atoms with Crippen LogP contribution < -0.4 is 31.8 Å². The van der Waals surface area contributed by atoms with Crippen molar-refractivity contribution in [3.8, 4) is 79.9 Å². The molecule has 2 unspecified atom stereocenters. The summed E-state index contributed by atoms with van der Waals surface area (Å²) in [4.78, 5) is 129. The van der Waals surface area contributed by atoms with E-state index in [1.165, 1.54) is 73.4 Å². The zero-order valence-electron chi connectivity index (χ0n) is 74.1. The maximum Gasteiger partial charge on any atom is 0.355 e. The number of piperazine rings is 3. The number of hydrogen-bond acceptors (Lipinski definition) is 24. The lowest BCUT2D eigenvalue weighted by Gasteiger charge is -2.42. The molecule has 3 fully saturated rings. The van der Waals surface area contributed by atoms with Gasteiger partial charge in [0.15, 0.2) is 34.4 Å². The minimum atomic E-state index is -3.60. The number of halogens is 6. The average Bonchev–Trinajstić information content (AvgIpc) is 0.740. The van der Waals surface area contributed by atoms with Gasteiger partial charge < -0.3 is 44.7 Å². The molecule has 0 saturated carbocycles. The number of phenolic OH excluding ortho intramolecular Hbond substituents is 3. The van der Waals surface area contributed by atoms with Crippen molar-refractivity contribution < 1.29 is 68.7 Å². The van der Waals surface area contributed by atoms with Crippen LogP contribution >= 0.6 is 0 Å². The molecule has 0 aliphatic carbocycles. The van der Waals surface area contributed by atoms with Gasteiger partial charge in [-0.15, -0.1) is 5.92 Å². The van der Waals surface area contributed by atoms with E-state index in [4.69, 9.17) is 0 Å². The molecule has 0 radical (unpaired) electrons. The third-order valence-electron chi connectivity index (χ3n) is 22.7. The SMILES string of the molecule is C=CC(=O)N1CCN(c2nc(=O)n(-c3c(C)ccnc3C(C)C)c3nc(-c4c(O)cccc4F)c(F)cc23)C(C#CC)C1.C=CC(=O)N1CCN(c2nc(=O)n(-c3c(C)ccnc3C(C)C)c3nc(-c4c(O)cccc4F)c(F)cc23)[C@@H](CS(C)(=O)=O)C1.C=CC(=O)N1CCN(c2nc(=O)n(-c3c(C)ccnc3C(C)C)c3nc(-c4c(O)cccc4F)c(F)cc23)[C@@H](CS(C)=O)C1. The molecule has 12 heterocycles. The van der Waals surface area contributed by atoms with Crippen LogP contribution in [-0.2, 0) is 35.0 Å². The summed E-state index contributed by atoms with van der Waals surface area (Å²) < 4.78 is 134. The lowest BCUT2D eigenvalue weighted by atomic mass is 10.0. The van der Waals surface area contributed by atoms with E-state index in [1.54, 1.807) is 82.1 Å². The smallest absolute Gasteiger partial charge is 0.355 e. The lowest BCUT2D eigenvalue weighted by molar-refractivity contribution is -0.127. The van der Waals surface area contributed by atoms with E-state index in [1.807, 2.05) is 48.5 Å². The summed E-state index contributed by atoms with van der Waals surface area (Å²) in [7, 11) is -4.89. The highest BCUT2D eigenvalue weighted by Crippen LogP contribution is 2.43. The highest BCUT2D eigenvalue weighted by Gasteiger charge is 2.39. The van der Waals surface area contributed by atoms with E-state index in [9.17, 15) is 65.5 Å². The molecule has 3 N–H and O–H groups in total. The molecule has 15 rings (SSSR count). The third kappa shape index (κ3) is 19.0. The molecule has 686 valence electrons. The number of benzene rings is 3. The first kappa shape index (κ1) is 95.2. The molecule has 0 bridgehead atoms. The fourth-order valence-corrected chi connectivity index (χ4v) is 18.5. The summed E-state index contributed by atoms with van der Waals surface area (Å²) in [5, 5.41) is 31.8. The number of sulfone groups is 1. The van der Waals surface area contributed by atoms with Gasteiger partial charge in [-0.2, -0.15) is 15.0 Å². The van der Waals surface area contributed by atoms with Gasteiger partial charge in [-0.3, -0.25) is 33.5 Å². The predicted molar refractivity (Wildman–Crippen MR) is 492 cm³/mol. The summed E-state index contributed by atoms with van der Waals surface area (Å²) >= 11 is 0. The van der Waals surface area contributed by atoms with Gasteiger partial charge in [0.2, 0.25) is 17.7 Å². The van der Waals surface area contributed by atoms with Crippen LogP contribution in [0.2, 0.25) is 0 Å². The Morgan fingerprint density at radius 2 is 0.788 bits per heavy atom. The highest BCUT2D eigenvalue weighted by atomic mass is 32.2. The molecule has 132 heavy (non-hydrogen) atoms. The summed E-state index contributed by atoms with van der Waals surface area (Å²) in [5.74, 6) is -2.66. The van der Waals surface area contributed by atoms with Crippen LogP contribution in [0.1, 0.15) is 100.0 Å². The molecule has 30 nitrogen and oxygen atoms in total. The van der Waals surface area contributed by atoms with Gasteiger partial charge in [0.05, 0.1) is 91.4 Å². The van der Waals surface area contributed by atoms with Crippen LogP contribution in [0.15, 0.2) is 162 Å². The second-order valence-corrected chi connectivity index (χ2v) is 36.4. The number of anilines is 3. The minimum absolute atomic E-state index is 0.000131. The van der Waals surface area contributed by atoms with Crippen molar-refractivity contribution >= 4 is 88.9 Å². The van der Waals surface area contributed by atoms with Crippen LogP contribution in [0.5, 0.6) is 17.2 Å². The zero-order chi connectivity index (χ0) is 95.7. The van der Waals surface area contributed by atoms with Crippen molar-refractivity contribution in [3.63, 3.8) is 0 Å². The lowest BCUT2D eigenvalue weighted by Crippen LogP contribution is -2.57. The molecule has 3 amide bonds. The van der Waals surface area contributed by atoms with E-state index in [-0.39, 0.29) is 145 Å². The van der Waals surface area contributed by atoms with Crippen LogP contribution in [-0.4, -0.2) is 220 Å². The number of hydrogen-bond donors (Lipinski definition) is 3. The van der Waals surface area contributed by atoms with Crippen LogP contribution in [0, 0.1) is 67.5 Å². The molecule has 3 aliphatic rings. The fraction of sp³-hybridized carbons (Fsp3) is 0.309. The first-order valence-corrected chi connectivity index (χ1v) is 45.6. The van der Waals surface area contributed by atoms with Crippen LogP contribution in [0.3, 0.4) is 0 Å². The molecule has 12 aromatic rings. The molecular formula is C94H94F6N18O12S2. The Labute approximate surface area is 757 Å². The summed E-state index contributed by atoms with van der Waals surface area (Å²) in [6.45, 7) is 30.6. The fourth-order valence-electron chi connectivity index (χ4n) is 16.7. The van der Waals surface area contributed by atoms with Crippen molar-refractivity contribution in [2.24, 2.45) is 0 Å². The summed E-state index contributed by atoms with van der Waals surface area (Å²) in [5.41, 5.74) is -0.372. The molecular weight excluding hydrogens is 1750 g/mol. The molecule has 3 saturated heterocycles. The van der Waals surface area contributed by atoms with Gasteiger partial charge in [0.25, 0.3) is 0 Å². The predicted octanol–water partition coefficient (Wildman–Crippen LogP) is 11.8. The molecule has 9 aromatic heterocycles. The largest absolute Gasteiger partial charge is 0.507 e. The second-order valence-electron chi connectivity index (χ2n) is 32.8. The Bertz CT molecular complexity index is 7050. The Morgan fingerprint density at radius 1 is 0.477 bits per heavy atom. The quantitative estimate of drug-likeness (QED) is 0.0384. The molecule has 4 atom stereocenters. The number of aromatic hydroxyl groups is 3. The Hall–Kier alpha value is -14.4. The van der Waals surface area contributed by atoms with E-state index in [0.29, 0.717) is 50.8 Å². The molecule has 3 aromatic carbocycles. The maximum absolute atomic E-state index is 16.0. The third-order valence-corrected chi connectivity index (χ3v) is 24.6. The Kier molecular flexibility index (Phi) is 28.2. The standard InChI is InChI=1S/C32H30F2N6O3.C31H32F2N6O5S.C31H32F2N6O4S/c1-6-9-20-17-38(25(42)7-2)14-15-39(20)30-21-16-23(34)28(26-22(33)10-8-11-24(26)41)36-31(21)40(32(43)37-30)29-19(5)12-13-35-27(29)18(3)4;1-6-24(41)37-12-13-38(19(15-37)16-45(5,43)44)29-20-14-22(33)27(25-21(32)8-7-9-23(25)40)35-30(20)39(31(42)36-29)28-18(4)10-11-34-26(28)17(2)3;1-6-24(41)37-12-13-38(19(15-37)16-44(5)43)29-20-14-22(33)27(25-21(32)8-7-9-23(25)40)35-30(20)39(31(42)36-29)28-18(4)10-11-34-26(28)17(2)3/h7-8,10-13,16,18,20,41H,2,14-15,17H2,1,3-5H3;6-11,14,17,19,40H,1,12-13,15-16H2,2-5H3;6-11,14,17,19,40H,1,12-13,15-16H2,2-5H3/t;19-;19-,44?/m.11/s1. The van der Waals surface area contributed by atoms with Gasteiger partial charge in [0, 0.05) is 100 Å². The van der Waals surface area contributed by atoms with E-state index >= 15 is 17.6 Å². The van der Waals surface area contributed by atoms with Crippen molar-refractivity contribution in [2.45, 2.75) is 105 Å². The maximum atomic E-state index is 16.0. The zero-order valence-corrected chi connectivity index (χ0v) is 75.8. The minimum Gasteiger partial charge on any atom is -0.507 e. The van der Waals surface area contributed by atoms with Gasteiger partial charge in [-0.25, -0.2) is 77.8 Å². The molecule has 38 heteroatoms. The number of carbonyl (C=O) groups excluding carboxylic acids is 3. The second kappa shape index (κ2) is 39.1. The van der Waals surface area contributed by atoms with Crippen molar-refractivity contribution in [1.29, 1.82) is 0 Å². The number of rotatable bonds is 19. The Balaban J connectivity index is 0.000000168. The normalized spacial score (nSPS) is 15.5. The number of amides is 3. The number of aryl methyl sites for hydroxylation is 3. The number of phenols is 3. The van der Waals surface area contributed by atoms with E-state index in [2.05, 4.69) is 76.4 Å². The number of nitrogens with zero attached hydrogens (tertiary/aromatic N) is 18. The number of carbonyl (C=O) groups is 3. The van der Waals surface area contributed by atoms with Gasteiger partial charge in [-0.1, -0.05) is 85.4 Å². The highest BCUT2D eigenvalue weighted by molar-refractivity contribution is 7.90. The number of fused-ring (bicyclic) bond motifs is 3. The van der Waals surface area contributed by atoms with Gasteiger partial charge in [0.1, 0.15) is 85.1 Å². The number of pyridine rings is 6. The molecule has 0 spiro atoms. The van der Waals surface area contributed by atoms with Crippen molar-refractivity contribution in [3.05, 3.63) is 248 Å². The first-order chi connectivity index (χ1) is 62.7. The number of aromatic nitrogens is 12. The van der Waals surface area contributed by atoms with Crippen molar-refractivity contribution in [1.82, 2.24) is 73.3 Å². The molecule has 3 aliphatic heterocycles. The Morgan fingerprint density at radius 3 is 1.09 bits per heavy atom. The van der Waals surface area contributed by atoms with Gasteiger partial charge >= 0.3 is 17.1 Å². The average molecular weight is 1850 g/mol. The van der Waals surface area contributed by atoms with Crippen LogP contribution in [0.25, 0.3) is 83.9 Å². The van der Waals surface area contributed by atoms with E-state index < -0.39 is 153 Å². The topological polar surface area (TPSA) is 365 Å².